The smallest absolute Gasteiger partial charge is 0.258 e. The van der Waals surface area contributed by atoms with Gasteiger partial charge in [0.15, 0.2) is 0 Å². The van der Waals surface area contributed by atoms with Crippen LogP contribution in [0, 0.1) is 12.7 Å². The second kappa shape index (κ2) is 10.2. The van der Waals surface area contributed by atoms with Gasteiger partial charge in [-0.25, -0.2) is 4.39 Å². The van der Waals surface area contributed by atoms with E-state index in [0.717, 1.165) is 24.2 Å². The molecule has 0 bridgehead atoms. The molecule has 0 aliphatic heterocycles. The SMILES string of the molecule is Cc1cccc(C(=O)NCCCNc2ccccc2)c1NC(=O)c1ccccc1F. The average Bonchev–Trinajstić information content (AvgIpc) is 2.75. The minimum Gasteiger partial charge on any atom is -0.385 e. The van der Waals surface area contributed by atoms with E-state index in [9.17, 15) is 14.0 Å². The summed E-state index contributed by atoms with van der Waals surface area (Å²) in [7, 11) is 0. The zero-order valence-electron chi connectivity index (χ0n) is 16.7. The van der Waals surface area contributed by atoms with Crippen molar-refractivity contribution in [1.82, 2.24) is 5.32 Å². The predicted molar refractivity (Wildman–Crippen MR) is 117 cm³/mol. The van der Waals surface area contributed by atoms with Crippen molar-refractivity contribution in [3.05, 3.63) is 95.3 Å². The minimum atomic E-state index is -0.611. The number of hydrogen-bond acceptors (Lipinski definition) is 3. The fraction of sp³-hybridized carbons (Fsp3) is 0.167. The summed E-state index contributed by atoms with van der Waals surface area (Å²) in [5.74, 6) is -1.49. The first kappa shape index (κ1) is 21.0. The molecule has 0 atom stereocenters. The number of benzene rings is 3. The highest BCUT2D eigenvalue weighted by atomic mass is 19.1. The molecule has 0 heterocycles. The molecule has 3 aromatic carbocycles. The Labute approximate surface area is 175 Å². The number of carbonyl (C=O) groups is 2. The van der Waals surface area contributed by atoms with Crippen molar-refractivity contribution in [2.45, 2.75) is 13.3 Å². The Kier molecular flexibility index (Phi) is 7.16. The second-order valence-corrected chi connectivity index (χ2v) is 6.83. The third-order valence-electron chi connectivity index (χ3n) is 4.62. The molecule has 3 aromatic rings. The largest absolute Gasteiger partial charge is 0.385 e. The molecule has 0 spiro atoms. The first-order valence-corrected chi connectivity index (χ1v) is 9.79. The van der Waals surface area contributed by atoms with Crippen LogP contribution in [0.25, 0.3) is 0 Å². The van der Waals surface area contributed by atoms with Gasteiger partial charge in [0, 0.05) is 18.8 Å². The molecule has 0 saturated carbocycles. The van der Waals surface area contributed by atoms with E-state index in [0.29, 0.717) is 17.8 Å². The maximum atomic E-state index is 13.9. The lowest BCUT2D eigenvalue weighted by Gasteiger charge is -2.14. The van der Waals surface area contributed by atoms with E-state index in [2.05, 4.69) is 16.0 Å². The van der Waals surface area contributed by atoms with Gasteiger partial charge < -0.3 is 16.0 Å². The lowest BCUT2D eigenvalue weighted by molar-refractivity contribution is 0.0954. The van der Waals surface area contributed by atoms with Gasteiger partial charge in [0.25, 0.3) is 11.8 Å². The number of carbonyl (C=O) groups excluding carboxylic acids is 2. The van der Waals surface area contributed by atoms with E-state index >= 15 is 0 Å². The van der Waals surface area contributed by atoms with Gasteiger partial charge >= 0.3 is 0 Å². The maximum Gasteiger partial charge on any atom is 0.258 e. The third-order valence-corrected chi connectivity index (χ3v) is 4.62. The Morgan fingerprint density at radius 2 is 1.50 bits per heavy atom. The topological polar surface area (TPSA) is 70.2 Å². The van der Waals surface area contributed by atoms with Gasteiger partial charge in [-0.2, -0.15) is 0 Å². The van der Waals surface area contributed by atoms with Crippen molar-refractivity contribution in [2.75, 3.05) is 23.7 Å². The van der Waals surface area contributed by atoms with E-state index < -0.39 is 11.7 Å². The number of halogens is 1. The van der Waals surface area contributed by atoms with Gasteiger partial charge in [-0.1, -0.05) is 42.5 Å². The lowest BCUT2D eigenvalue weighted by atomic mass is 10.1. The van der Waals surface area contributed by atoms with Gasteiger partial charge in [-0.15, -0.1) is 0 Å². The highest BCUT2D eigenvalue weighted by Crippen LogP contribution is 2.22. The summed E-state index contributed by atoms with van der Waals surface area (Å²) >= 11 is 0. The summed E-state index contributed by atoms with van der Waals surface area (Å²) in [6, 6.07) is 20.8. The zero-order valence-corrected chi connectivity index (χ0v) is 16.7. The van der Waals surface area contributed by atoms with Gasteiger partial charge in [0.05, 0.1) is 16.8 Å². The molecule has 30 heavy (non-hydrogen) atoms. The standard InChI is InChI=1S/C24H24FN3O2/c1-17-9-7-13-20(22(17)28-24(30)19-12-5-6-14-21(19)25)23(29)27-16-8-15-26-18-10-3-2-4-11-18/h2-7,9-14,26H,8,15-16H2,1H3,(H,27,29)(H,28,30). The van der Waals surface area contributed by atoms with Gasteiger partial charge in [-0.05, 0) is 49.2 Å². The lowest BCUT2D eigenvalue weighted by Crippen LogP contribution is -2.27. The van der Waals surface area contributed by atoms with E-state index in [4.69, 9.17) is 0 Å². The fourth-order valence-electron chi connectivity index (χ4n) is 3.02. The minimum absolute atomic E-state index is 0.0703. The van der Waals surface area contributed by atoms with Crippen molar-refractivity contribution in [3.63, 3.8) is 0 Å². The number of anilines is 2. The van der Waals surface area contributed by atoms with Crippen LogP contribution in [0.5, 0.6) is 0 Å². The normalized spacial score (nSPS) is 10.3. The van der Waals surface area contributed by atoms with Crippen LogP contribution in [-0.2, 0) is 0 Å². The van der Waals surface area contributed by atoms with Crippen LogP contribution in [0.15, 0.2) is 72.8 Å². The molecular weight excluding hydrogens is 381 g/mol. The fourth-order valence-corrected chi connectivity index (χ4v) is 3.02. The van der Waals surface area contributed by atoms with Crippen LogP contribution in [0.3, 0.4) is 0 Å². The molecule has 0 aliphatic carbocycles. The highest BCUT2D eigenvalue weighted by Gasteiger charge is 2.17. The van der Waals surface area contributed by atoms with Crippen molar-refractivity contribution < 1.29 is 14.0 Å². The molecule has 0 fully saturated rings. The van der Waals surface area contributed by atoms with E-state index in [-0.39, 0.29) is 11.5 Å². The van der Waals surface area contributed by atoms with Gasteiger partial charge in [0.1, 0.15) is 5.82 Å². The Bertz CT molecular complexity index is 1020. The Morgan fingerprint density at radius 3 is 2.27 bits per heavy atom. The summed E-state index contributed by atoms with van der Waals surface area (Å²) in [6.07, 6.45) is 0.739. The van der Waals surface area contributed by atoms with E-state index in [1.54, 1.807) is 31.2 Å². The Morgan fingerprint density at radius 1 is 0.800 bits per heavy atom. The maximum absolute atomic E-state index is 13.9. The third kappa shape index (κ3) is 5.44. The van der Waals surface area contributed by atoms with Crippen LogP contribution in [0.2, 0.25) is 0 Å². The average molecular weight is 405 g/mol. The Balaban J connectivity index is 1.60. The van der Waals surface area contributed by atoms with Crippen LogP contribution >= 0.6 is 0 Å². The number of nitrogens with one attached hydrogen (secondary N) is 3. The molecule has 2 amide bonds. The summed E-state index contributed by atoms with van der Waals surface area (Å²) in [5.41, 5.74) is 2.40. The molecule has 0 unspecified atom stereocenters. The van der Waals surface area contributed by atoms with E-state index in [1.165, 1.54) is 18.2 Å². The van der Waals surface area contributed by atoms with Crippen LogP contribution in [-0.4, -0.2) is 24.9 Å². The summed E-state index contributed by atoms with van der Waals surface area (Å²) in [4.78, 5) is 25.2. The second-order valence-electron chi connectivity index (χ2n) is 6.83. The predicted octanol–water partition coefficient (Wildman–Crippen LogP) is 4.62. The molecule has 0 aliphatic rings. The molecule has 5 nitrogen and oxygen atoms in total. The monoisotopic (exact) mass is 405 g/mol. The van der Waals surface area contributed by atoms with Crippen molar-refractivity contribution in [3.8, 4) is 0 Å². The quantitative estimate of drug-likeness (QED) is 0.479. The van der Waals surface area contributed by atoms with Gasteiger partial charge in [0.2, 0.25) is 0 Å². The molecular formula is C24H24FN3O2. The van der Waals surface area contributed by atoms with E-state index in [1.807, 2.05) is 30.3 Å². The van der Waals surface area contributed by atoms with Crippen molar-refractivity contribution in [1.29, 1.82) is 0 Å². The molecule has 0 radical (unpaired) electrons. The number of amides is 2. The first-order valence-electron chi connectivity index (χ1n) is 9.79. The highest BCUT2D eigenvalue weighted by molar-refractivity contribution is 6.09. The van der Waals surface area contributed by atoms with Crippen molar-refractivity contribution >= 4 is 23.2 Å². The van der Waals surface area contributed by atoms with Crippen LogP contribution in [0.1, 0.15) is 32.7 Å². The number of rotatable bonds is 8. The van der Waals surface area contributed by atoms with Crippen molar-refractivity contribution in [2.24, 2.45) is 0 Å². The molecule has 0 saturated heterocycles. The zero-order chi connectivity index (χ0) is 21.3. The van der Waals surface area contributed by atoms with Crippen LogP contribution in [0.4, 0.5) is 15.8 Å². The Hall–Kier alpha value is -3.67. The molecule has 6 heteroatoms. The van der Waals surface area contributed by atoms with Gasteiger partial charge in [-0.3, -0.25) is 9.59 Å². The number of aryl methyl sites for hydroxylation is 1. The first-order chi connectivity index (χ1) is 14.6. The number of para-hydroxylation sites is 2. The molecule has 0 aromatic heterocycles. The van der Waals surface area contributed by atoms with Crippen LogP contribution < -0.4 is 16.0 Å². The molecule has 3 N–H and O–H groups in total. The number of hydrogen-bond donors (Lipinski definition) is 3. The summed E-state index contributed by atoms with van der Waals surface area (Å²) in [5, 5.41) is 8.85. The molecule has 3 rings (SSSR count). The summed E-state index contributed by atoms with van der Waals surface area (Å²) in [6.45, 7) is 2.99. The molecule has 154 valence electrons. The summed E-state index contributed by atoms with van der Waals surface area (Å²) < 4.78 is 13.9.